The molecule has 7 heteroatoms. The zero-order valence-electron chi connectivity index (χ0n) is 15.5. The number of carbonyl (C=O) groups excluding carboxylic acids is 2. The van der Waals surface area contributed by atoms with E-state index in [4.69, 9.17) is 14.6 Å². The van der Waals surface area contributed by atoms with Crippen molar-refractivity contribution < 1.29 is 29.0 Å². The van der Waals surface area contributed by atoms with Crippen molar-refractivity contribution in [3.8, 4) is 0 Å². The van der Waals surface area contributed by atoms with E-state index in [0.29, 0.717) is 5.92 Å². The van der Waals surface area contributed by atoms with Gasteiger partial charge in [-0.15, -0.1) is 0 Å². The molecular formula is C17H31NO6. The third-order valence-corrected chi connectivity index (χ3v) is 4.26. The van der Waals surface area contributed by atoms with Gasteiger partial charge >= 0.3 is 18.0 Å². The number of carbonyl (C=O) groups is 3. The van der Waals surface area contributed by atoms with Crippen LogP contribution in [-0.2, 0) is 19.1 Å². The average molecular weight is 345 g/mol. The topological polar surface area (TPSA) is 102 Å². The Labute approximate surface area is 144 Å². The minimum absolute atomic E-state index is 0.0241. The molecule has 0 fully saturated rings. The van der Waals surface area contributed by atoms with E-state index in [-0.39, 0.29) is 30.7 Å². The van der Waals surface area contributed by atoms with Gasteiger partial charge in [0, 0.05) is 13.5 Å². The molecule has 0 aliphatic heterocycles. The minimum Gasteiger partial charge on any atom is -0.481 e. The molecule has 0 aliphatic carbocycles. The summed E-state index contributed by atoms with van der Waals surface area (Å²) in [5, 5.41) is 11.6. The molecule has 1 amide bonds. The molecule has 2 N–H and O–H groups in total. The number of carboxylic acids is 1. The second-order valence-electron chi connectivity index (χ2n) is 6.55. The molecule has 0 unspecified atom stereocenters. The quantitative estimate of drug-likeness (QED) is 0.466. The lowest BCUT2D eigenvalue weighted by molar-refractivity contribution is -0.168. The molecule has 0 bridgehead atoms. The molecule has 140 valence electrons. The van der Waals surface area contributed by atoms with Crippen molar-refractivity contribution in [2.24, 2.45) is 23.7 Å². The molecule has 0 heterocycles. The van der Waals surface area contributed by atoms with Crippen LogP contribution in [0, 0.1) is 23.7 Å². The highest BCUT2D eigenvalue weighted by atomic mass is 16.7. The molecule has 7 nitrogen and oxygen atoms in total. The van der Waals surface area contributed by atoms with E-state index in [1.165, 1.54) is 6.92 Å². The smallest absolute Gasteiger partial charge is 0.410 e. The fourth-order valence-electron chi connectivity index (χ4n) is 2.24. The molecule has 0 aliphatic rings. The van der Waals surface area contributed by atoms with Crippen LogP contribution in [0.15, 0.2) is 0 Å². The molecule has 24 heavy (non-hydrogen) atoms. The third-order valence-electron chi connectivity index (χ3n) is 4.26. The Morgan fingerprint density at radius 2 is 1.62 bits per heavy atom. The summed E-state index contributed by atoms with van der Waals surface area (Å²) in [5.41, 5.74) is 0. The van der Waals surface area contributed by atoms with E-state index in [2.05, 4.69) is 12.2 Å². The van der Waals surface area contributed by atoms with Crippen LogP contribution in [0.5, 0.6) is 0 Å². The lowest BCUT2D eigenvalue weighted by atomic mass is 9.81. The van der Waals surface area contributed by atoms with Crippen molar-refractivity contribution in [2.45, 2.75) is 60.7 Å². The summed E-state index contributed by atoms with van der Waals surface area (Å²) in [5.74, 6) is -1.37. The van der Waals surface area contributed by atoms with Gasteiger partial charge in [-0.05, 0) is 17.8 Å². The third kappa shape index (κ3) is 8.74. The molecule has 0 spiro atoms. The summed E-state index contributed by atoms with van der Waals surface area (Å²) in [6.07, 6.45) is -0.816. The van der Waals surface area contributed by atoms with Gasteiger partial charge in [-0.3, -0.25) is 9.59 Å². The summed E-state index contributed by atoms with van der Waals surface area (Å²) in [4.78, 5) is 34.2. The molecule has 0 aromatic carbocycles. The van der Waals surface area contributed by atoms with Crippen LogP contribution < -0.4 is 5.32 Å². The van der Waals surface area contributed by atoms with Crippen LogP contribution >= 0.6 is 0 Å². The second-order valence-corrected chi connectivity index (χ2v) is 6.55. The van der Waals surface area contributed by atoms with E-state index < -0.39 is 24.3 Å². The molecule has 0 aromatic rings. The highest BCUT2D eigenvalue weighted by Gasteiger charge is 2.25. The Balaban J connectivity index is 4.49. The Bertz CT molecular complexity index is 423. The summed E-state index contributed by atoms with van der Waals surface area (Å²) in [7, 11) is 0. The predicted molar refractivity (Wildman–Crippen MR) is 89.2 cm³/mol. The van der Waals surface area contributed by atoms with Crippen LogP contribution in [0.2, 0.25) is 0 Å². The minimum atomic E-state index is -0.996. The van der Waals surface area contributed by atoms with Crippen molar-refractivity contribution >= 4 is 18.0 Å². The summed E-state index contributed by atoms with van der Waals surface area (Å²) in [6, 6.07) is 0. The fraction of sp³-hybridized carbons (Fsp3) is 0.824. The normalized spacial score (nSPS) is 16.0. The lowest BCUT2D eigenvalue weighted by Gasteiger charge is -2.27. The van der Waals surface area contributed by atoms with Crippen LogP contribution in [0.25, 0.3) is 0 Å². The summed E-state index contributed by atoms with van der Waals surface area (Å²) in [6.45, 7) is 11.1. The molecule has 0 aromatic heterocycles. The molecule has 0 rings (SSSR count). The van der Waals surface area contributed by atoms with Crippen LogP contribution in [-0.4, -0.2) is 36.0 Å². The van der Waals surface area contributed by atoms with Crippen LogP contribution in [0.3, 0.4) is 0 Å². The maximum atomic E-state index is 11.8. The highest BCUT2D eigenvalue weighted by Crippen LogP contribution is 2.25. The predicted octanol–water partition coefficient (Wildman–Crippen LogP) is 3.03. The van der Waals surface area contributed by atoms with Gasteiger partial charge in [-0.2, -0.15) is 0 Å². The molecular weight excluding hydrogens is 314 g/mol. The van der Waals surface area contributed by atoms with Gasteiger partial charge in [0.25, 0.3) is 0 Å². The first kappa shape index (κ1) is 22.2. The largest absolute Gasteiger partial charge is 0.481 e. The van der Waals surface area contributed by atoms with E-state index in [1.54, 1.807) is 13.8 Å². The number of hydrogen-bond acceptors (Lipinski definition) is 5. The number of rotatable bonds is 10. The SMILES string of the molecule is CC[C@@H](C)[C@@H](C)[C@H](CNC(=O)O[C@@H](C)OC(=O)C(C)C)CC(=O)O. The first-order chi connectivity index (χ1) is 11.1. The molecule has 0 saturated carbocycles. The van der Waals surface area contributed by atoms with Gasteiger partial charge in [0.1, 0.15) is 0 Å². The van der Waals surface area contributed by atoms with E-state index in [1.807, 2.05) is 13.8 Å². The van der Waals surface area contributed by atoms with Gasteiger partial charge in [-0.25, -0.2) is 4.79 Å². The number of hydrogen-bond donors (Lipinski definition) is 2. The number of carboxylic acid groups (broad SMARTS) is 1. The molecule has 0 radical (unpaired) electrons. The average Bonchev–Trinajstić information content (AvgIpc) is 2.49. The van der Waals surface area contributed by atoms with Crippen LogP contribution in [0.1, 0.15) is 54.4 Å². The number of nitrogens with one attached hydrogen (secondary N) is 1. The van der Waals surface area contributed by atoms with Gasteiger partial charge in [-0.1, -0.05) is 41.0 Å². The van der Waals surface area contributed by atoms with E-state index in [9.17, 15) is 14.4 Å². The van der Waals surface area contributed by atoms with E-state index >= 15 is 0 Å². The first-order valence-electron chi connectivity index (χ1n) is 8.45. The zero-order valence-corrected chi connectivity index (χ0v) is 15.5. The number of esters is 1. The number of alkyl carbamates (subject to hydrolysis) is 1. The van der Waals surface area contributed by atoms with E-state index in [0.717, 1.165) is 6.42 Å². The van der Waals surface area contributed by atoms with Gasteiger partial charge in [0.2, 0.25) is 6.29 Å². The van der Waals surface area contributed by atoms with Crippen molar-refractivity contribution in [1.29, 1.82) is 0 Å². The highest BCUT2D eigenvalue weighted by molar-refractivity contribution is 5.72. The molecule has 4 atom stereocenters. The Morgan fingerprint density at radius 1 is 1.04 bits per heavy atom. The van der Waals surface area contributed by atoms with Crippen molar-refractivity contribution in [2.75, 3.05) is 6.54 Å². The maximum Gasteiger partial charge on any atom is 0.410 e. The maximum absolute atomic E-state index is 11.8. The Morgan fingerprint density at radius 3 is 2.08 bits per heavy atom. The van der Waals surface area contributed by atoms with Gasteiger partial charge < -0.3 is 19.9 Å². The number of ether oxygens (including phenoxy) is 2. The van der Waals surface area contributed by atoms with Crippen molar-refractivity contribution in [3.05, 3.63) is 0 Å². The Hall–Kier alpha value is -1.79. The zero-order chi connectivity index (χ0) is 18.9. The van der Waals surface area contributed by atoms with Crippen molar-refractivity contribution in [3.63, 3.8) is 0 Å². The first-order valence-corrected chi connectivity index (χ1v) is 8.45. The van der Waals surface area contributed by atoms with Crippen LogP contribution in [0.4, 0.5) is 4.79 Å². The lowest BCUT2D eigenvalue weighted by Crippen LogP contribution is -2.37. The van der Waals surface area contributed by atoms with Crippen molar-refractivity contribution in [1.82, 2.24) is 5.32 Å². The fourth-order valence-corrected chi connectivity index (χ4v) is 2.24. The second kappa shape index (κ2) is 10.9. The standard InChI is InChI=1S/C17H31NO6/c1-7-11(4)12(5)14(8-15(19)20)9-18-17(22)24-13(6)23-16(21)10(2)3/h10-14H,7-9H2,1-6H3,(H,18,22)(H,19,20)/t11-,12-,13+,14+/m1/s1. The number of amides is 1. The Kier molecular flexibility index (Phi) is 10.1. The summed E-state index contributed by atoms with van der Waals surface area (Å²) < 4.78 is 9.89. The number of aliphatic carboxylic acids is 1. The summed E-state index contributed by atoms with van der Waals surface area (Å²) >= 11 is 0. The monoisotopic (exact) mass is 345 g/mol. The van der Waals surface area contributed by atoms with Gasteiger partial charge in [0.15, 0.2) is 0 Å². The van der Waals surface area contributed by atoms with Gasteiger partial charge in [0.05, 0.1) is 12.3 Å². The molecule has 0 saturated heterocycles.